The summed E-state index contributed by atoms with van der Waals surface area (Å²) in [6.07, 6.45) is 2.67. The van der Waals surface area contributed by atoms with Gasteiger partial charge in [-0.2, -0.15) is 0 Å². The normalized spacial score (nSPS) is 26.8. The third kappa shape index (κ3) is 3.10. The molecule has 136 valence electrons. The number of rotatable bonds is 4. The predicted octanol–water partition coefficient (Wildman–Crippen LogP) is 4.80. The van der Waals surface area contributed by atoms with Crippen LogP contribution in [0.2, 0.25) is 10.0 Å². The van der Waals surface area contributed by atoms with Crippen LogP contribution >= 0.6 is 34.5 Å². The zero-order chi connectivity index (χ0) is 18.4. The van der Waals surface area contributed by atoms with Crippen LogP contribution in [0.1, 0.15) is 19.3 Å². The molecule has 2 aliphatic rings. The lowest BCUT2D eigenvalue weighted by Gasteiger charge is -2.26. The first-order valence-corrected chi connectivity index (χ1v) is 10.0. The molecule has 8 heteroatoms. The van der Waals surface area contributed by atoms with E-state index in [-0.39, 0.29) is 17.7 Å². The molecule has 0 unspecified atom stereocenters. The van der Waals surface area contributed by atoms with Gasteiger partial charge in [0.05, 0.1) is 27.6 Å². The number of carbonyl (C=O) groups is 2. The van der Waals surface area contributed by atoms with Crippen molar-refractivity contribution in [3.63, 3.8) is 0 Å². The molecule has 1 amide bonds. The average molecular weight is 411 g/mol. The quantitative estimate of drug-likeness (QED) is 0.758. The SMILES string of the molecule is O=C(O)[C@@H]1[C@H]2CC[C@@H](C2)[C@H]1C(=O)Nc1nc(-c2ccc(Cl)c(Cl)c2)cs1. The van der Waals surface area contributed by atoms with E-state index in [0.29, 0.717) is 20.9 Å². The Morgan fingerprint density at radius 3 is 2.58 bits per heavy atom. The molecule has 5 nitrogen and oxygen atoms in total. The second kappa shape index (κ2) is 6.83. The Morgan fingerprint density at radius 1 is 1.15 bits per heavy atom. The number of amides is 1. The zero-order valence-corrected chi connectivity index (χ0v) is 15.9. The predicted molar refractivity (Wildman–Crippen MR) is 102 cm³/mol. The molecule has 2 N–H and O–H groups in total. The number of carboxylic acids is 1. The summed E-state index contributed by atoms with van der Waals surface area (Å²) in [5.74, 6) is -1.87. The minimum atomic E-state index is -0.868. The summed E-state index contributed by atoms with van der Waals surface area (Å²) in [7, 11) is 0. The molecular weight excluding hydrogens is 395 g/mol. The molecule has 4 rings (SSSR count). The van der Waals surface area contributed by atoms with Gasteiger partial charge in [-0.25, -0.2) is 4.98 Å². The number of benzene rings is 1. The first-order chi connectivity index (χ1) is 12.4. The highest BCUT2D eigenvalue weighted by molar-refractivity contribution is 7.14. The van der Waals surface area contributed by atoms with E-state index in [1.54, 1.807) is 12.1 Å². The van der Waals surface area contributed by atoms with Crippen LogP contribution in [0.15, 0.2) is 23.6 Å². The van der Waals surface area contributed by atoms with Crippen molar-refractivity contribution >= 4 is 51.5 Å². The Kier molecular flexibility index (Phi) is 4.67. The van der Waals surface area contributed by atoms with Gasteiger partial charge in [-0.1, -0.05) is 29.3 Å². The van der Waals surface area contributed by atoms with Crippen LogP contribution in [0, 0.1) is 23.7 Å². The second-order valence-corrected chi connectivity index (χ2v) is 8.55. The summed E-state index contributed by atoms with van der Waals surface area (Å²) in [5.41, 5.74) is 1.49. The number of nitrogens with zero attached hydrogens (tertiary/aromatic N) is 1. The van der Waals surface area contributed by atoms with Gasteiger partial charge in [0, 0.05) is 10.9 Å². The van der Waals surface area contributed by atoms with Crippen molar-refractivity contribution < 1.29 is 14.7 Å². The fourth-order valence-electron chi connectivity index (χ4n) is 4.33. The first-order valence-electron chi connectivity index (χ1n) is 8.38. The number of fused-ring (bicyclic) bond motifs is 2. The highest BCUT2D eigenvalue weighted by Crippen LogP contribution is 2.52. The fourth-order valence-corrected chi connectivity index (χ4v) is 5.35. The van der Waals surface area contributed by atoms with Gasteiger partial charge < -0.3 is 10.4 Å². The summed E-state index contributed by atoms with van der Waals surface area (Å²) in [5, 5.41) is 15.5. The number of nitrogens with one attached hydrogen (secondary N) is 1. The third-order valence-corrected chi connectivity index (χ3v) is 6.95. The lowest BCUT2D eigenvalue weighted by Crippen LogP contribution is -2.37. The Balaban J connectivity index is 1.51. The van der Waals surface area contributed by atoms with Crippen LogP contribution in [-0.2, 0) is 9.59 Å². The van der Waals surface area contributed by atoms with Crippen molar-refractivity contribution in [2.24, 2.45) is 23.7 Å². The topological polar surface area (TPSA) is 79.3 Å². The molecular formula is C18H16Cl2N2O3S. The van der Waals surface area contributed by atoms with Crippen LogP contribution in [0.5, 0.6) is 0 Å². The van der Waals surface area contributed by atoms with E-state index in [4.69, 9.17) is 23.2 Å². The molecule has 1 heterocycles. The van der Waals surface area contributed by atoms with Gasteiger partial charge in [0.2, 0.25) is 5.91 Å². The van der Waals surface area contributed by atoms with Crippen LogP contribution in [0.3, 0.4) is 0 Å². The summed E-state index contributed by atoms with van der Waals surface area (Å²) >= 11 is 13.3. The Labute approximate surface area is 164 Å². The lowest BCUT2D eigenvalue weighted by atomic mass is 9.79. The maximum Gasteiger partial charge on any atom is 0.307 e. The van der Waals surface area contributed by atoms with Crippen molar-refractivity contribution in [3.8, 4) is 11.3 Å². The van der Waals surface area contributed by atoms with Crippen molar-refractivity contribution in [1.82, 2.24) is 4.98 Å². The smallest absolute Gasteiger partial charge is 0.307 e. The number of hydrogen-bond donors (Lipinski definition) is 2. The van der Waals surface area contributed by atoms with E-state index in [1.165, 1.54) is 11.3 Å². The highest BCUT2D eigenvalue weighted by atomic mass is 35.5. The van der Waals surface area contributed by atoms with E-state index in [1.807, 2.05) is 11.4 Å². The van der Waals surface area contributed by atoms with Crippen LogP contribution in [0.25, 0.3) is 11.3 Å². The van der Waals surface area contributed by atoms with Gasteiger partial charge in [0.15, 0.2) is 5.13 Å². The zero-order valence-electron chi connectivity index (χ0n) is 13.6. The summed E-state index contributed by atoms with van der Waals surface area (Å²) < 4.78 is 0. The Bertz CT molecular complexity index is 885. The van der Waals surface area contributed by atoms with Crippen LogP contribution < -0.4 is 5.32 Å². The largest absolute Gasteiger partial charge is 0.481 e. The Morgan fingerprint density at radius 2 is 1.88 bits per heavy atom. The van der Waals surface area contributed by atoms with E-state index in [0.717, 1.165) is 24.8 Å². The molecule has 0 spiro atoms. The van der Waals surface area contributed by atoms with E-state index in [2.05, 4.69) is 10.3 Å². The number of aromatic nitrogens is 1. The number of thiazole rings is 1. The summed E-state index contributed by atoms with van der Waals surface area (Å²) in [6.45, 7) is 0. The average Bonchev–Trinajstić information content (AvgIpc) is 3.32. The molecule has 2 aromatic rings. The maximum atomic E-state index is 12.7. The van der Waals surface area contributed by atoms with E-state index in [9.17, 15) is 14.7 Å². The minimum Gasteiger partial charge on any atom is -0.481 e. The maximum absolute atomic E-state index is 12.7. The standard InChI is InChI=1S/C18H16Cl2N2O3S/c19-11-4-3-8(6-12(11)20)13-7-26-18(21-13)22-16(23)14-9-1-2-10(5-9)15(14)17(24)25/h3-4,6-7,9-10,14-15H,1-2,5H2,(H,24,25)(H,21,22,23)/t9-,10-,14+,15+/m0/s1. The molecule has 1 aromatic carbocycles. The molecule has 2 saturated carbocycles. The fraction of sp³-hybridized carbons (Fsp3) is 0.389. The van der Waals surface area contributed by atoms with Gasteiger partial charge in [-0.15, -0.1) is 11.3 Å². The van der Waals surface area contributed by atoms with E-state index >= 15 is 0 Å². The number of carboxylic acid groups (broad SMARTS) is 1. The lowest BCUT2D eigenvalue weighted by molar-refractivity contribution is -0.148. The molecule has 0 saturated heterocycles. The van der Waals surface area contributed by atoms with Gasteiger partial charge in [-0.05, 0) is 43.2 Å². The number of halogens is 2. The summed E-state index contributed by atoms with van der Waals surface area (Å²) in [4.78, 5) is 28.7. The molecule has 0 aliphatic heterocycles. The molecule has 0 radical (unpaired) electrons. The third-order valence-electron chi connectivity index (χ3n) is 5.45. The molecule has 2 aliphatic carbocycles. The number of carbonyl (C=O) groups excluding carboxylic acids is 1. The van der Waals surface area contributed by atoms with Gasteiger partial charge >= 0.3 is 5.97 Å². The van der Waals surface area contributed by atoms with Crippen molar-refractivity contribution in [2.45, 2.75) is 19.3 Å². The number of aliphatic carboxylic acids is 1. The van der Waals surface area contributed by atoms with Crippen molar-refractivity contribution in [3.05, 3.63) is 33.6 Å². The van der Waals surface area contributed by atoms with Gasteiger partial charge in [0.25, 0.3) is 0 Å². The van der Waals surface area contributed by atoms with Crippen LogP contribution in [-0.4, -0.2) is 22.0 Å². The molecule has 2 bridgehead atoms. The summed E-state index contributed by atoms with van der Waals surface area (Å²) in [6, 6.07) is 5.23. The van der Waals surface area contributed by atoms with Crippen molar-refractivity contribution in [1.29, 1.82) is 0 Å². The minimum absolute atomic E-state index is 0.122. The number of hydrogen-bond acceptors (Lipinski definition) is 4. The van der Waals surface area contributed by atoms with Crippen molar-refractivity contribution in [2.75, 3.05) is 5.32 Å². The molecule has 26 heavy (non-hydrogen) atoms. The molecule has 4 atom stereocenters. The number of anilines is 1. The first kappa shape index (κ1) is 17.8. The Hall–Kier alpha value is -1.63. The van der Waals surface area contributed by atoms with E-state index < -0.39 is 17.8 Å². The van der Waals surface area contributed by atoms with Crippen LogP contribution in [0.4, 0.5) is 5.13 Å². The van der Waals surface area contributed by atoms with Gasteiger partial charge in [-0.3, -0.25) is 9.59 Å². The molecule has 2 fully saturated rings. The van der Waals surface area contributed by atoms with Gasteiger partial charge in [0.1, 0.15) is 0 Å². The second-order valence-electron chi connectivity index (χ2n) is 6.88. The highest BCUT2D eigenvalue weighted by Gasteiger charge is 2.54. The monoisotopic (exact) mass is 410 g/mol. The molecule has 1 aromatic heterocycles.